The van der Waals surface area contributed by atoms with Gasteiger partial charge in [-0.15, -0.1) is 0 Å². The highest BCUT2D eigenvalue weighted by Crippen LogP contribution is 2.30. The van der Waals surface area contributed by atoms with E-state index < -0.39 is 0 Å². The van der Waals surface area contributed by atoms with Gasteiger partial charge in [0.15, 0.2) is 5.69 Å². The van der Waals surface area contributed by atoms with Gasteiger partial charge >= 0.3 is 5.97 Å². The molecule has 1 fully saturated rings. The van der Waals surface area contributed by atoms with E-state index in [9.17, 15) is 4.79 Å². The maximum Gasteiger partial charge on any atom is 0.358 e. The average Bonchev–Trinajstić information content (AvgIpc) is 2.81. The molecule has 0 atom stereocenters. The normalized spacial score (nSPS) is 15.8. The van der Waals surface area contributed by atoms with E-state index in [0.717, 1.165) is 12.5 Å². The molecule has 0 amide bonds. The SMILES string of the molecule is COC(=O)c1ccn(CC2CC2)n1. The van der Waals surface area contributed by atoms with E-state index >= 15 is 0 Å². The fourth-order valence-electron chi connectivity index (χ4n) is 1.24. The van der Waals surface area contributed by atoms with Crippen molar-refractivity contribution in [1.82, 2.24) is 9.78 Å². The van der Waals surface area contributed by atoms with Gasteiger partial charge in [0.25, 0.3) is 0 Å². The van der Waals surface area contributed by atoms with Gasteiger partial charge in [-0.2, -0.15) is 5.10 Å². The summed E-state index contributed by atoms with van der Waals surface area (Å²) in [6, 6.07) is 1.69. The predicted octanol–water partition coefficient (Wildman–Crippen LogP) is 1.08. The molecular formula is C9H12N2O2. The number of carbonyl (C=O) groups is 1. The summed E-state index contributed by atoms with van der Waals surface area (Å²) in [7, 11) is 1.36. The highest BCUT2D eigenvalue weighted by molar-refractivity contribution is 5.86. The van der Waals surface area contributed by atoms with Crippen molar-refractivity contribution in [3.8, 4) is 0 Å². The van der Waals surface area contributed by atoms with E-state index in [2.05, 4.69) is 9.84 Å². The molecule has 2 rings (SSSR count). The number of nitrogens with zero attached hydrogens (tertiary/aromatic N) is 2. The zero-order chi connectivity index (χ0) is 9.26. The van der Waals surface area contributed by atoms with Crippen LogP contribution in [0, 0.1) is 5.92 Å². The van der Waals surface area contributed by atoms with Gasteiger partial charge < -0.3 is 4.74 Å². The quantitative estimate of drug-likeness (QED) is 0.654. The van der Waals surface area contributed by atoms with Crippen molar-refractivity contribution in [2.75, 3.05) is 7.11 Å². The lowest BCUT2D eigenvalue weighted by molar-refractivity contribution is 0.0593. The number of rotatable bonds is 3. The van der Waals surface area contributed by atoms with Crippen LogP contribution in [0.25, 0.3) is 0 Å². The number of aromatic nitrogens is 2. The van der Waals surface area contributed by atoms with E-state index in [-0.39, 0.29) is 5.97 Å². The minimum Gasteiger partial charge on any atom is -0.464 e. The van der Waals surface area contributed by atoms with Crippen molar-refractivity contribution in [2.45, 2.75) is 19.4 Å². The Balaban J connectivity index is 2.03. The number of hydrogen-bond acceptors (Lipinski definition) is 3. The molecule has 1 aliphatic rings. The molecule has 4 heteroatoms. The smallest absolute Gasteiger partial charge is 0.358 e. The second-order valence-corrected chi connectivity index (χ2v) is 3.36. The van der Waals surface area contributed by atoms with Crippen LogP contribution in [0.3, 0.4) is 0 Å². The van der Waals surface area contributed by atoms with Gasteiger partial charge in [-0.05, 0) is 24.8 Å². The third-order valence-electron chi connectivity index (χ3n) is 2.18. The largest absolute Gasteiger partial charge is 0.464 e. The zero-order valence-corrected chi connectivity index (χ0v) is 7.56. The van der Waals surface area contributed by atoms with E-state index in [1.807, 2.05) is 10.9 Å². The van der Waals surface area contributed by atoms with Gasteiger partial charge in [-0.3, -0.25) is 4.68 Å². The van der Waals surface area contributed by atoms with Crippen LogP contribution in [-0.2, 0) is 11.3 Å². The molecule has 0 bridgehead atoms. The zero-order valence-electron chi connectivity index (χ0n) is 7.56. The van der Waals surface area contributed by atoms with Gasteiger partial charge in [-0.1, -0.05) is 0 Å². The second kappa shape index (κ2) is 3.20. The molecule has 0 spiro atoms. The Kier molecular flexibility index (Phi) is 2.04. The third-order valence-corrected chi connectivity index (χ3v) is 2.18. The third kappa shape index (κ3) is 1.88. The van der Waals surface area contributed by atoms with E-state index in [1.165, 1.54) is 20.0 Å². The first-order valence-electron chi connectivity index (χ1n) is 4.41. The van der Waals surface area contributed by atoms with Crippen LogP contribution < -0.4 is 0 Å². The predicted molar refractivity (Wildman–Crippen MR) is 46.3 cm³/mol. The summed E-state index contributed by atoms with van der Waals surface area (Å²) in [6.45, 7) is 0.928. The maximum atomic E-state index is 11.0. The van der Waals surface area contributed by atoms with Crippen molar-refractivity contribution < 1.29 is 9.53 Å². The second-order valence-electron chi connectivity index (χ2n) is 3.36. The molecule has 13 heavy (non-hydrogen) atoms. The van der Waals surface area contributed by atoms with Crippen molar-refractivity contribution in [3.05, 3.63) is 18.0 Å². The molecule has 1 heterocycles. The van der Waals surface area contributed by atoms with Crippen molar-refractivity contribution in [2.24, 2.45) is 5.92 Å². The lowest BCUT2D eigenvalue weighted by Crippen LogP contribution is -2.05. The van der Waals surface area contributed by atoms with Gasteiger partial charge in [0.1, 0.15) is 0 Å². The lowest BCUT2D eigenvalue weighted by atomic mass is 10.4. The summed E-state index contributed by atoms with van der Waals surface area (Å²) >= 11 is 0. The molecule has 1 aromatic heterocycles. The molecule has 0 aliphatic heterocycles. The average molecular weight is 180 g/mol. The molecule has 0 saturated heterocycles. The number of ether oxygens (including phenoxy) is 1. The van der Waals surface area contributed by atoms with Gasteiger partial charge in [0.2, 0.25) is 0 Å². The van der Waals surface area contributed by atoms with E-state index in [1.54, 1.807) is 6.07 Å². The van der Waals surface area contributed by atoms with Crippen molar-refractivity contribution in [1.29, 1.82) is 0 Å². The molecule has 0 unspecified atom stereocenters. The fourth-order valence-corrected chi connectivity index (χ4v) is 1.24. The Labute approximate surface area is 76.5 Å². The van der Waals surface area contributed by atoms with Gasteiger partial charge in [-0.25, -0.2) is 4.79 Å². The Morgan fingerprint density at radius 3 is 3.15 bits per heavy atom. The first kappa shape index (κ1) is 8.29. The van der Waals surface area contributed by atoms with Crippen LogP contribution in [-0.4, -0.2) is 22.9 Å². The minimum atomic E-state index is -0.366. The van der Waals surface area contributed by atoms with Crippen LogP contribution in [0.5, 0.6) is 0 Å². The number of carbonyl (C=O) groups excluding carboxylic acids is 1. The molecule has 0 aromatic carbocycles. The van der Waals surface area contributed by atoms with Gasteiger partial charge in [0, 0.05) is 12.7 Å². The van der Waals surface area contributed by atoms with Crippen molar-refractivity contribution in [3.63, 3.8) is 0 Å². The highest BCUT2D eigenvalue weighted by Gasteiger charge is 2.22. The Bertz CT molecular complexity index is 315. The van der Waals surface area contributed by atoms with Crippen LogP contribution >= 0.6 is 0 Å². The fraction of sp³-hybridized carbons (Fsp3) is 0.556. The molecule has 1 aromatic rings. The number of methoxy groups -OCH3 is 1. The molecule has 4 nitrogen and oxygen atoms in total. The monoisotopic (exact) mass is 180 g/mol. The highest BCUT2D eigenvalue weighted by atomic mass is 16.5. The summed E-state index contributed by atoms with van der Waals surface area (Å²) in [5.41, 5.74) is 0.392. The summed E-state index contributed by atoms with van der Waals surface area (Å²) in [4.78, 5) is 11.0. The Morgan fingerprint density at radius 1 is 1.77 bits per heavy atom. The van der Waals surface area contributed by atoms with Gasteiger partial charge in [0.05, 0.1) is 7.11 Å². The number of esters is 1. The summed E-state index contributed by atoms with van der Waals surface area (Å²) < 4.78 is 6.36. The van der Waals surface area contributed by atoms with Crippen LogP contribution in [0.4, 0.5) is 0 Å². The Hall–Kier alpha value is -1.32. The first-order chi connectivity index (χ1) is 6.29. The molecule has 1 aliphatic carbocycles. The minimum absolute atomic E-state index is 0.366. The molecule has 0 radical (unpaired) electrons. The molecule has 70 valence electrons. The van der Waals surface area contributed by atoms with Crippen LogP contribution in [0.1, 0.15) is 23.3 Å². The van der Waals surface area contributed by atoms with E-state index in [0.29, 0.717) is 5.69 Å². The van der Waals surface area contributed by atoms with Crippen LogP contribution in [0.2, 0.25) is 0 Å². The lowest BCUT2D eigenvalue weighted by Gasteiger charge is -1.97. The summed E-state index contributed by atoms with van der Waals surface area (Å²) in [5.74, 6) is 0.403. The molecule has 1 saturated carbocycles. The summed E-state index contributed by atoms with van der Waals surface area (Å²) in [5, 5.41) is 4.10. The topological polar surface area (TPSA) is 44.1 Å². The first-order valence-corrected chi connectivity index (χ1v) is 4.41. The molecule has 0 N–H and O–H groups in total. The molecular weight excluding hydrogens is 168 g/mol. The van der Waals surface area contributed by atoms with Crippen LogP contribution in [0.15, 0.2) is 12.3 Å². The Morgan fingerprint density at radius 2 is 2.54 bits per heavy atom. The summed E-state index contributed by atoms with van der Waals surface area (Å²) in [6.07, 6.45) is 4.39. The number of hydrogen-bond donors (Lipinski definition) is 0. The van der Waals surface area contributed by atoms with E-state index in [4.69, 9.17) is 0 Å². The standard InChI is InChI=1S/C9H12N2O2/c1-13-9(12)8-4-5-11(10-8)6-7-2-3-7/h4-5,7H,2-3,6H2,1H3. The van der Waals surface area contributed by atoms with Crippen molar-refractivity contribution >= 4 is 5.97 Å². The maximum absolute atomic E-state index is 11.0.